The van der Waals surface area contributed by atoms with E-state index in [9.17, 15) is 0 Å². The van der Waals surface area contributed by atoms with Gasteiger partial charge in [0.2, 0.25) is 0 Å². The molecule has 1 aliphatic carbocycles. The summed E-state index contributed by atoms with van der Waals surface area (Å²) in [7, 11) is 0. The number of nitrogens with one attached hydrogen (secondary N) is 1. The fourth-order valence-electron chi connectivity index (χ4n) is 4.59. The highest BCUT2D eigenvalue weighted by atomic mass is 16.5. The largest absolute Gasteiger partial charge is 0.381 e. The van der Waals surface area contributed by atoms with Crippen LogP contribution < -0.4 is 5.32 Å². The first-order valence-electron chi connectivity index (χ1n) is 9.26. The maximum atomic E-state index is 5.55. The molecule has 2 heterocycles. The normalized spacial score (nSPS) is 31.9. The first-order chi connectivity index (χ1) is 10.2. The van der Waals surface area contributed by atoms with Crippen LogP contribution in [-0.4, -0.2) is 49.3 Å². The second-order valence-corrected chi connectivity index (χ2v) is 7.98. The van der Waals surface area contributed by atoms with Crippen molar-refractivity contribution in [3.05, 3.63) is 0 Å². The standard InChI is InChI=1S/C18H34N2O/c1-15(2)17-13-20(12-16-6-10-21-11-7-16)18(14-19-17)8-4-3-5-9-18/h15-17,19H,3-14H2,1-2H3. The molecule has 2 saturated heterocycles. The molecular formula is C18H34N2O. The van der Waals surface area contributed by atoms with Gasteiger partial charge in [0.25, 0.3) is 0 Å². The molecule has 0 aromatic heterocycles. The van der Waals surface area contributed by atoms with Gasteiger partial charge in [-0.15, -0.1) is 0 Å². The molecular weight excluding hydrogens is 260 g/mol. The van der Waals surface area contributed by atoms with Crippen LogP contribution in [0.25, 0.3) is 0 Å². The molecule has 1 spiro atoms. The van der Waals surface area contributed by atoms with E-state index in [-0.39, 0.29) is 0 Å². The van der Waals surface area contributed by atoms with Crippen LogP contribution in [0.3, 0.4) is 0 Å². The van der Waals surface area contributed by atoms with Crippen LogP contribution in [0.4, 0.5) is 0 Å². The number of rotatable bonds is 3. The summed E-state index contributed by atoms with van der Waals surface area (Å²) >= 11 is 0. The summed E-state index contributed by atoms with van der Waals surface area (Å²) in [5, 5.41) is 3.88. The van der Waals surface area contributed by atoms with Crippen LogP contribution >= 0.6 is 0 Å². The average molecular weight is 294 g/mol. The van der Waals surface area contributed by atoms with Crippen molar-refractivity contribution in [2.75, 3.05) is 32.8 Å². The highest BCUT2D eigenvalue weighted by molar-refractivity contribution is 5.01. The lowest BCUT2D eigenvalue weighted by Crippen LogP contribution is -2.66. The quantitative estimate of drug-likeness (QED) is 0.866. The summed E-state index contributed by atoms with van der Waals surface area (Å²) in [6, 6.07) is 0.678. The number of hydrogen-bond acceptors (Lipinski definition) is 3. The second-order valence-electron chi connectivity index (χ2n) is 7.98. The lowest BCUT2D eigenvalue weighted by Gasteiger charge is -2.54. The fraction of sp³-hybridized carbons (Fsp3) is 1.00. The van der Waals surface area contributed by atoms with Gasteiger partial charge < -0.3 is 10.1 Å². The molecule has 3 heteroatoms. The topological polar surface area (TPSA) is 24.5 Å². The molecule has 0 aromatic carbocycles. The van der Waals surface area contributed by atoms with Gasteiger partial charge in [-0.1, -0.05) is 33.1 Å². The van der Waals surface area contributed by atoms with E-state index >= 15 is 0 Å². The highest BCUT2D eigenvalue weighted by Crippen LogP contribution is 2.37. The van der Waals surface area contributed by atoms with E-state index in [1.165, 1.54) is 64.6 Å². The van der Waals surface area contributed by atoms with E-state index in [0.717, 1.165) is 25.0 Å². The zero-order valence-corrected chi connectivity index (χ0v) is 14.1. The molecule has 0 aromatic rings. The summed E-state index contributed by atoms with van der Waals surface area (Å²) < 4.78 is 5.55. The van der Waals surface area contributed by atoms with Crippen LogP contribution in [0, 0.1) is 11.8 Å². The van der Waals surface area contributed by atoms with Crippen LogP contribution in [-0.2, 0) is 4.74 Å². The van der Waals surface area contributed by atoms with Gasteiger partial charge in [-0.25, -0.2) is 0 Å². The summed E-state index contributed by atoms with van der Waals surface area (Å²) in [5.41, 5.74) is 0.474. The summed E-state index contributed by atoms with van der Waals surface area (Å²) in [6.07, 6.45) is 9.66. The molecule has 0 amide bonds. The molecule has 1 unspecified atom stereocenters. The summed E-state index contributed by atoms with van der Waals surface area (Å²) in [4.78, 5) is 2.91. The van der Waals surface area contributed by atoms with Crippen LogP contribution in [0.2, 0.25) is 0 Å². The summed E-state index contributed by atoms with van der Waals surface area (Å²) in [5.74, 6) is 1.60. The van der Waals surface area contributed by atoms with E-state index in [1.807, 2.05) is 0 Å². The number of hydrogen-bond donors (Lipinski definition) is 1. The lowest BCUT2D eigenvalue weighted by molar-refractivity contribution is -0.0252. The Hall–Kier alpha value is -0.120. The Kier molecular flexibility index (Phi) is 5.23. The van der Waals surface area contributed by atoms with Gasteiger partial charge in [-0.2, -0.15) is 0 Å². The fourth-order valence-corrected chi connectivity index (χ4v) is 4.59. The van der Waals surface area contributed by atoms with Crippen molar-refractivity contribution >= 4 is 0 Å². The molecule has 1 saturated carbocycles. The third kappa shape index (κ3) is 3.62. The Labute approximate surface area is 130 Å². The predicted molar refractivity (Wildman–Crippen MR) is 87.6 cm³/mol. The van der Waals surface area contributed by atoms with Gasteiger partial charge >= 0.3 is 0 Å². The zero-order chi connectivity index (χ0) is 14.7. The van der Waals surface area contributed by atoms with Crippen LogP contribution in [0.1, 0.15) is 58.8 Å². The molecule has 21 heavy (non-hydrogen) atoms. The molecule has 3 aliphatic rings. The van der Waals surface area contributed by atoms with Crippen molar-refractivity contribution in [1.82, 2.24) is 10.2 Å². The maximum Gasteiger partial charge on any atom is 0.0469 e. The minimum absolute atomic E-state index is 0.474. The Bertz CT molecular complexity index is 319. The third-order valence-electron chi connectivity index (χ3n) is 6.19. The van der Waals surface area contributed by atoms with Crippen molar-refractivity contribution in [2.24, 2.45) is 11.8 Å². The SMILES string of the molecule is CC(C)C1CN(CC2CCOCC2)C2(CCCCC2)CN1. The van der Waals surface area contributed by atoms with Crippen molar-refractivity contribution < 1.29 is 4.74 Å². The van der Waals surface area contributed by atoms with Crippen LogP contribution in [0.15, 0.2) is 0 Å². The van der Waals surface area contributed by atoms with Gasteiger partial charge in [0.05, 0.1) is 0 Å². The monoisotopic (exact) mass is 294 g/mol. The molecule has 3 nitrogen and oxygen atoms in total. The first kappa shape index (κ1) is 15.8. The molecule has 0 radical (unpaired) electrons. The zero-order valence-electron chi connectivity index (χ0n) is 14.1. The molecule has 0 bridgehead atoms. The minimum Gasteiger partial charge on any atom is -0.381 e. The van der Waals surface area contributed by atoms with E-state index < -0.39 is 0 Å². The minimum atomic E-state index is 0.474. The molecule has 2 aliphatic heterocycles. The predicted octanol–water partition coefficient (Wildman–Crippen LogP) is 3.05. The van der Waals surface area contributed by atoms with Gasteiger partial charge in [-0.05, 0) is 37.5 Å². The van der Waals surface area contributed by atoms with E-state index in [4.69, 9.17) is 4.74 Å². The Morgan fingerprint density at radius 1 is 1.14 bits per heavy atom. The number of nitrogens with zero attached hydrogens (tertiary/aromatic N) is 1. The lowest BCUT2D eigenvalue weighted by atomic mass is 9.77. The van der Waals surface area contributed by atoms with E-state index in [2.05, 4.69) is 24.1 Å². The van der Waals surface area contributed by atoms with E-state index in [0.29, 0.717) is 11.6 Å². The Morgan fingerprint density at radius 2 is 1.86 bits per heavy atom. The van der Waals surface area contributed by atoms with Gasteiger partial charge in [0, 0.05) is 44.4 Å². The highest BCUT2D eigenvalue weighted by Gasteiger charge is 2.43. The first-order valence-corrected chi connectivity index (χ1v) is 9.26. The molecule has 1 N–H and O–H groups in total. The smallest absolute Gasteiger partial charge is 0.0469 e. The molecule has 1 atom stereocenters. The molecule has 122 valence electrons. The van der Waals surface area contributed by atoms with Crippen molar-refractivity contribution in [3.8, 4) is 0 Å². The van der Waals surface area contributed by atoms with Gasteiger partial charge in [0.1, 0.15) is 0 Å². The van der Waals surface area contributed by atoms with Crippen molar-refractivity contribution in [3.63, 3.8) is 0 Å². The Morgan fingerprint density at radius 3 is 2.52 bits per heavy atom. The van der Waals surface area contributed by atoms with Crippen molar-refractivity contribution in [1.29, 1.82) is 0 Å². The molecule has 3 fully saturated rings. The summed E-state index contributed by atoms with van der Waals surface area (Å²) in [6.45, 7) is 10.5. The average Bonchev–Trinajstić information content (AvgIpc) is 2.51. The number of piperazine rings is 1. The van der Waals surface area contributed by atoms with Gasteiger partial charge in [0.15, 0.2) is 0 Å². The third-order valence-corrected chi connectivity index (χ3v) is 6.19. The van der Waals surface area contributed by atoms with Gasteiger partial charge in [-0.3, -0.25) is 4.90 Å². The van der Waals surface area contributed by atoms with Crippen LogP contribution in [0.5, 0.6) is 0 Å². The van der Waals surface area contributed by atoms with E-state index in [1.54, 1.807) is 0 Å². The Balaban J connectivity index is 1.68. The maximum absolute atomic E-state index is 5.55. The number of ether oxygens (including phenoxy) is 1. The second kappa shape index (κ2) is 6.97. The van der Waals surface area contributed by atoms with Crippen molar-refractivity contribution in [2.45, 2.75) is 70.4 Å². The molecule has 3 rings (SSSR count).